The average molecular weight is 338 g/mol. The number of halogens is 1. The maximum absolute atomic E-state index is 13.9. The second-order valence-electron chi connectivity index (χ2n) is 5.91. The standard InChI is InChI=1S/C19H19FN4O/c1-12(17-11-18(25-24-17)23-19(21)22)10-13-6-8-14(9-7-13)15-4-2-3-5-16(15)20/h2-9,11-12H,10H2,1H3,(H4,21,22,23). The van der Waals surface area contributed by atoms with Crippen molar-refractivity contribution in [1.82, 2.24) is 5.16 Å². The molecule has 128 valence electrons. The van der Waals surface area contributed by atoms with E-state index in [1.54, 1.807) is 18.2 Å². The molecule has 1 unspecified atom stereocenters. The van der Waals surface area contributed by atoms with E-state index in [9.17, 15) is 4.39 Å². The zero-order chi connectivity index (χ0) is 17.8. The molecule has 1 aromatic heterocycles. The molecule has 0 bridgehead atoms. The van der Waals surface area contributed by atoms with Gasteiger partial charge in [0.05, 0.1) is 5.69 Å². The van der Waals surface area contributed by atoms with Crippen LogP contribution in [0.15, 0.2) is 64.1 Å². The fourth-order valence-electron chi connectivity index (χ4n) is 2.66. The predicted molar refractivity (Wildman–Crippen MR) is 95.9 cm³/mol. The van der Waals surface area contributed by atoms with E-state index in [1.807, 2.05) is 37.3 Å². The Bertz CT molecular complexity index is 882. The van der Waals surface area contributed by atoms with Gasteiger partial charge in [0.2, 0.25) is 0 Å². The van der Waals surface area contributed by atoms with Crippen LogP contribution in [0, 0.1) is 5.82 Å². The molecule has 0 spiro atoms. The Morgan fingerprint density at radius 2 is 1.88 bits per heavy atom. The van der Waals surface area contributed by atoms with Gasteiger partial charge in [-0.1, -0.05) is 54.5 Å². The summed E-state index contributed by atoms with van der Waals surface area (Å²) >= 11 is 0. The summed E-state index contributed by atoms with van der Waals surface area (Å²) in [6, 6.07) is 16.3. The molecule has 3 rings (SSSR count). The smallest absolute Gasteiger partial charge is 0.253 e. The van der Waals surface area contributed by atoms with E-state index in [0.717, 1.165) is 23.2 Å². The Balaban J connectivity index is 1.72. The predicted octanol–water partition coefficient (Wildman–Crippen LogP) is 3.73. The van der Waals surface area contributed by atoms with Gasteiger partial charge < -0.3 is 16.0 Å². The molecule has 0 radical (unpaired) electrons. The first-order valence-electron chi connectivity index (χ1n) is 7.93. The summed E-state index contributed by atoms with van der Waals surface area (Å²) in [5.41, 5.74) is 14.0. The van der Waals surface area contributed by atoms with Crippen molar-refractivity contribution < 1.29 is 8.91 Å². The number of rotatable bonds is 5. The average Bonchev–Trinajstić information content (AvgIpc) is 3.04. The SMILES string of the molecule is CC(Cc1ccc(-c2ccccc2F)cc1)c1cc(N=C(N)N)on1. The van der Waals surface area contributed by atoms with Crippen LogP contribution in [0.5, 0.6) is 0 Å². The van der Waals surface area contributed by atoms with E-state index >= 15 is 0 Å². The monoisotopic (exact) mass is 338 g/mol. The maximum atomic E-state index is 13.9. The highest BCUT2D eigenvalue weighted by molar-refractivity contribution is 5.78. The van der Waals surface area contributed by atoms with E-state index in [2.05, 4.69) is 10.1 Å². The molecule has 1 heterocycles. The number of nitrogens with zero attached hydrogens (tertiary/aromatic N) is 2. The molecular weight excluding hydrogens is 319 g/mol. The Hall–Kier alpha value is -3.15. The lowest BCUT2D eigenvalue weighted by atomic mass is 9.96. The molecule has 4 N–H and O–H groups in total. The van der Waals surface area contributed by atoms with Crippen molar-refractivity contribution in [1.29, 1.82) is 0 Å². The first kappa shape index (κ1) is 16.7. The van der Waals surface area contributed by atoms with Gasteiger partial charge in [0.25, 0.3) is 5.88 Å². The minimum absolute atomic E-state index is 0.0703. The van der Waals surface area contributed by atoms with Crippen LogP contribution in [0.1, 0.15) is 24.1 Å². The third kappa shape index (κ3) is 4.03. The quantitative estimate of drug-likeness (QED) is 0.548. The summed E-state index contributed by atoms with van der Waals surface area (Å²) in [5, 5.41) is 4.00. The number of aliphatic imine (C=N–C) groups is 1. The summed E-state index contributed by atoms with van der Waals surface area (Å²) in [7, 11) is 0. The van der Waals surface area contributed by atoms with Gasteiger partial charge in [0.1, 0.15) is 5.82 Å². The highest BCUT2D eigenvalue weighted by Crippen LogP contribution is 2.26. The van der Waals surface area contributed by atoms with Crippen LogP contribution in [-0.2, 0) is 6.42 Å². The normalized spacial score (nSPS) is 11.9. The van der Waals surface area contributed by atoms with E-state index in [0.29, 0.717) is 5.56 Å². The van der Waals surface area contributed by atoms with Crippen molar-refractivity contribution in [3.63, 3.8) is 0 Å². The van der Waals surface area contributed by atoms with E-state index in [4.69, 9.17) is 16.0 Å². The first-order valence-corrected chi connectivity index (χ1v) is 7.93. The summed E-state index contributed by atoms with van der Waals surface area (Å²) in [6.07, 6.45) is 0.769. The van der Waals surface area contributed by atoms with Gasteiger partial charge in [0.15, 0.2) is 5.96 Å². The second kappa shape index (κ2) is 7.17. The molecule has 1 atom stereocenters. The minimum atomic E-state index is -0.224. The Kier molecular flexibility index (Phi) is 4.79. The summed E-state index contributed by atoms with van der Waals surface area (Å²) < 4.78 is 18.9. The van der Waals surface area contributed by atoms with Gasteiger partial charge >= 0.3 is 0 Å². The maximum Gasteiger partial charge on any atom is 0.253 e. The van der Waals surface area contributed by atoms with Crippen molar-refractivity contribution in [3.05, 3.63) is 71.7 Å². The topological polar surface area (TPSA) is 90.4 Å². The molecule has 2 aromatic carbocycles. The van der Waals surface area contributed by atoms with Gasteiger partial charge in [-0.05, 0) is 23.6 Å². The van der Waals surface area contributed by atoms with Crippen molar-refractivity contribution >= 4 is 11.8 Å². The zero-order valence-corrected chi connectivity index (χ0v) is 13.8. The van der Waals surface area contributed by atoms with Gasteiger partial charge in [-0.25, -0.2) is 4.39 Å². The lowest BCUT2D eigenvalue weighted by molar-refractivity contribution is 0.416. The van der Waals surface area contributed by atoms with E-state index in [1.165, 1.54) is 6.07 Å². The van der Waals surface area contributed by atoms with E-state index < -0.39 is 0 Å². The summed E-state index contributed by atoms with van der Waals surface area (Å²) in [6.45, 7) is 2.04. The number of nitrogens with two attached hydrogens (primary N) is 2. The van der Waals surface area contributed by atoms with E-state index in [-0.39, 0.29) is 23.6 Å². The number of aromatic nitrogens is 1. The Morgan fingerprint density at radius 3 is 2.56 bits per heavy atom. The largest absolute Gasteiger partial charge is 0.370 e. The molecule has 0 saturated carbocycles. The van der Waals surface area contributed by atoms with Crippen molar-refractivity contribution in [2.45, 2.75) is 19.3 Å². The fourth-order valence-corrected chi connectivity index (χ4v) is 2.66. The molecule has 25 heavy (non-hydrogen) atoms. The van der Waals surface area contributed by atoms with Gasteiger partial charge in [-0.2, -0.15) is 4.99 Å². The van der Waals surface area contributed by atoms with Crippen LogP contribution in [-0.4, -0.2) is 11.1 Å². The highest BCUT2D eigenvalue weighted by atomic mass is 19.1. The number of benzene rings is 2. The van der Waals surface area contributed by atoms with Crippen molar-refractivity contribution in [2.24, 2.45) is 16.5 Å². The highest BCUT2D eigenvalue weighted by Gasteiger charge is 2.13. The number of hydrogen-bond donors (Lipinski definition) is 2. The van der Waals surface area contributed by atoms with Crippen molar-refractivity contribution in [3.8, 4) is 11.1 Å². The van der Waals surface area contributed by atoms with Crippen LogP contribution in [0.3, 0.4) is 0 Å². The molecule has 6 heteroatoms. The molecule has 0 fully saturated rings. The van der Waals surface area contributed by atoms with Crippen LogP contribution >= 0.6 is 0 Å². The molecule has 3 aromatic rings. The molecule has 0 saturated heterocycles. The second-order valence-corrected chi connectivity index (χ2v) is 5.91. The van der Waals surface area contributed by atoms with Crippen LogP contribution in [0.25, 0.3) is 11.1 Å². The molecule has 0 amide bonds. The van der Waals surface area contributed by atoms with Crippen LogP contribution < -0.4 is 11.5 Å². The Morgan fingerprint density at radius 1 is 1.16 bits per heavy atom. The third-order valence-electron chi connectivity index (χ3n) is 3.94. The molecule has 5 nitrogen and oxygen atoms in total. The van der Waals surface area contributed by atoms with Crippen LogP contribution in [0.2, 0.25) is 0 Å². The molecular formula is C19H19FN4O. The van der Waals surface area contributed by atoms with Crippen LogP contribution in [0.4, 0.5) is 10.3 Å². The van der Waals surface area contributed by atoms with Gasteiger partial charge in [-0.3, -0.25) is 0 Å². The fraction of sp³-hybridized carbons (Fsp3) is 0.158. The molecule has 0 aliphatic rings. The minimum Gasteiger partial charge on any atom is -0.370 e. The lowest BCUT2D eigenvalue weighted by Gasteiger charge is -2.09. The summed E-state index contributed by atoms with van der Waals surface area (Å²) in [4.78, 5) is 3.83. The molecule has 0 aliphatic heterocycles. The summed E-state index contributed by atoms with van der Waals surface area (Å²) in [5.74, 6) is 0.125. The van der Waals surface area contributed by atoms with Gasteiger partial charge in [0, 0.05) is 17.5 Å². The van der Waals surface area contributed by atoms with Gasteiger partial charge in [-0.15, -0.1) is 0 Å². The van der Waals surface area contributed by atoms with Crippen molar-refractivity contribution in [2.75, 3.05) is 0 Å². The molecule has 0 aliphatic carbocycles. The lowest BCUT2D eigenvalue weighted by Crippen LogP contribution is -2.21. The number of hydrogen-bond acceptors (Lipinski definition) is 3. The first-order chi connectivity index (χ1) is 12.0. The number of guanidine groups is 1. The zero-order valence-electron chi connectivity index (χ0n) is 13.8. The Labute approximate surface area is 145 Å². The third-order valence-corrected chi connectivity index (χ3v) is 3.94.